The Morgan fingerprint density at radius 3 is 2.85 bits per heavy atom. The summed E-state index contributed by atoms with van der Waals surface area (Å²) in [7, 11) is 0. The van der Waals surface area contributed by atoms with Crippen molar-refractivity contribution in [3.8, 4) is 11.8 Å². The van der Waals surface area contributed by atoms with Gasteiger partial charge in [-0.3, -0.25) is 4.79 Å². The SMILES string of the molecule is N#Cc1cccc(CNC(=O)CSCc2nnnn2-c2ccccc2)c1. The molecule has 0 unspecified atom stereocenters. The first-order valence-electron chi connectivity index (χ1n) is 7.92. The fourth-order valence-corrected chi connectivity index (χ4v) is 3.06. The zero-order valence-electron chi connectivity index (χ0n) is 13.9. The second-order valence-electron chi connectivity index (χ2n) is 5.42. The van der Waals surface area contributed by atoms with Gasteiger partial charge in [0, 0.05) is 6.54 Å². The maximum Gasteiger partial charge on any atom is 0.230 e. The van der Waals surface area contributed by atoms with Gasteiger partial charge in [-0.05, 0) is 40.3 Å². The lowest BCUT2D eigenvalue weighted by molar-refractivity contribution is -0.118. The minimum Gasteiger partial charge on any atom is -0.351 e. The molecule has 8 heteroatoms. The molecule has 1 N–H and O–H groups in total. The largest absolute Gasteiger partial charge is 0.351 e. The van der Waals surface area contributed by atoms with Gasteiger partial charge < -0.3 is 5.32 Å². The quantitative estimate of drug-likeness (QED) is 0.689. The van der Waals surface area contributed by atoms with Crippen molar-refractivity contribution in [3.05, 3.63) is 71.5 Å². The van der Waals surface area contributed by atoms with E-state index in [9.17, 15) is 4.79 Å². The zero-order valence-corrected chi connectivity index (χ0v) is 14.7. The number of benzene rings is 2. The Morgan fingerprint density at radius 2 is 2.04 bits per heavy atom. The number of para-hydroxylation sites is 1. The molecule has 0 aliphatic heterocycles. The zero-order chi connectivity index (χ0) is 18.2. The van der Waals surface area contributed by atoms with Crippen LogP contribution in [0.15, 0.2) is 54.6 Å². The Bertz CT molecular complexity index is 919. The highest BCUT2D eigenvalue weighted by Crippen LogP contribution is 2.13. The number of hydrogen-bond acceptors (Lipinski definition) is 6. The van der Waals surface area contributed by atoms with Gasteiger partial charge in [0.05, 0.1) is 28.8 Å². The van der Waals surface area contributed by atoms with E-state index in [1.165, 1.54) is 11.8 Å². The first kappa shape index (κ1) is 17.6. The van der Waals surface area contributed by atoms with E-state index in [0.29, 0.717) is 29.4 Å². The molecule has 0 bridgehead atoms. The average molecular weight is 364 g/mol. The number of aromatic nitrogens is 4. The van der Waals surface area contributed by atoms with Crippen LogP contribution in [-0.4, -0.2) is 31.9 Å². The number of tetrazole rings is 1. The minimum atomic E-state index is -0.0731. The predicted molar refractivity (Wildman–Crippen MR) is 98.3 cm³/mol. The molecule has 26 heavy (non-hydrogen) atoms. The number of carbonyl (C=O) groups is 1. The van der Waals surface area contributed by atoms with Gasteiger partial charge in [0.1, 0.15) is 0 Å². The van der Waals surface area contributed by atoms with Gasteiger partial charge in [0.25, 0.3) is 0 Å². The third-order valence-corrected chi connectivity index (χ3v) is 4.47. The first-order valence-corrected chi connectivity index (χ1v) is 9.08. The summed E-state index contributed by atoms with van der Waals surface area (Å²) in [5.74, 6) is 1.45. The van der Waals surface area contributed by atoms with E-state index in [4.69, 9.17) is 5.26 Å². The van der Waals surface area contributed by atoms with Crippen LogP contribution in [0, 0.1) is 11.3 Å². The highest BCUT2D eigenvalue weighted by molar-refractivity contribution is 7.99. The summed E-state index contributed by atoms with van der Waals surface area (Å²) in [6, 6.07) is 18.9. The Morgan fingerprint density at radius 1 is 1.19 bits per heavy atom. The number of thioether (sulfide) groups is 1. The van der Waals surface area contributed by atoms with Gasteiger partial charge in [-0.25, -0.2) is 0 Å². The summed E-state index contributed by atoms with van der Waals surface area (Å²) in [6.07, 6.45) is 0. The van der Waals surface area contributed by atoms with Crippen molar-refractivity contribution in [3.63, 3.8) is 0 Å². The molecule has 130 valence electrons. The highest BCUT2D eigenvalue weighted by atomic mass is 32.2. The summed E-state index contributed by atoms with van der Waals surface area (Å²) in [5.41, 5.74) is 2.37. The van der Waals surface area contributed by atoms with Gasteiger partial charge in [0.15, 0.2) is 5.82 Å². The van der Waals surface area contributed by atoms with Crippen molar-refractivity contribution in [2.45, 2.75) is 12.3 Å². The van der Waals surface area contributed by atoms with E-state index in [1.54, 1.807) is 22.9 Å². The average Bonchev–Trinajstić information content (AvgIpc) is 3.16. The highest BCUT2D eigenvalue weighted by Gasteiger charge is 2.09. The molecule has 3 rings (SSSR count). The Kier molecular flexibility index (Phi) is 5.96. The predicted octanol–water partition coefficient (Wildman–Crippen LogP) is 2.08. The van der Waals surface area contributed by atoms with Gasteiger partial charge in [-0.2, -0.15) is 9.94 Å². The molecule has 3 aromatic rings. The summed E-state index contributed by atoms with van der Waals surface area (Å²) in [6.45, 7) is 0.399. The van der Waals surface area contributed by atoms with E-state index >= 15 is 0 Å². The molecule has 1 amide bonds. The Hall–Kier alpha value is -3.18. The lowest BCUT2D eigenvalue weighted by Gasteiger charge is -2.06. The first-order chi connectivity index (χ1) is 12.8. The number of hydrogen-bond donors (Lipinski definition) is 1. The molecule has 2 aromatic carbocycles. The van der Waals surface area contributed by atoms with Gasteiger partial charge in [-0.1, -0.05) is 30.3 Å². The Labute approximate surface area is 155 Å². The number of rotatable bonds is 7. The molecule has 0 aliphatic carbocycles. The van der Waals surface area contributed by atoms with Crippen LogP contribution in [-0.2, 0) is 17.1 Å². The van der Waals surface area contributed by atoms with Crippen LogP contribution in [0.4, 0.5) is 0 Å². The molecule has 1 aromatic heterocycles. The van der Waals surface area contributed by atoms with Crippen LogP contribution in [0.1, 0.15) is 17.0 Å². The summed E-state index contributed by atoms with van der Waals surface area (Å²) in [5, 5.41) is 23.5. The smallest absolute Gasteiger partial charge is 0.230 e. The molecular weight excluding hydrogens is 348 g/mol. The van der Waals surface area contributed by atoms with E-state index in [0.717, 1.165) is 11.3 Å². The molecule has 1 heterocycles. The number of nitrogens with one attached hydrogen (secondary N) is 1. The van der Waals surface area contributed by atoms with Crippen LogP contribution in [0.25, 0.3) is 5.69 Å². The van der Waals surface area contributed by atoms with Crippen LogP contribution < -0.4 is 5.32 Å². The lowest BCUT2D eigenvalue weighted by atomic mass is 10.1. The van der Waals surface area contributed by atoms with Crippen molar-refractivity contribution in [1.29, 1.82) is 5.26 Å². The summed E-state index contributed by atoms with van der Waals surface area (Å²) >= 11 is 1.44. The van der Waals surface area contributed by atoms with Crippen molar-refractivity contribution in [2.24, 2.45) is 0 Å². The number of nitrogens with zero attached hydrogens (tertiary/aromatic N) is 5. The maximum atomic E-state index is 12.0. The van der Waals surface area contributed by atoms with Crippen LogP contribution in [0.5, 0.6) is 0 Å². The third-order valence-electron chi connectivity index (χ3n) is 3.54. The molecule has 0 atom stereocenters. The van der Waals surface area contributed by atoms with Gasteiger partial charge >= 0.3 is 0 Å². The maximum absolute atomic E-state index is 12.0. The lowest BCUT2D eigenvalue weighted by Crippen LogP contribution is -2.24. The molecule has 0 aliphatic rings. The molecular formula is C18H16N6OS. The minimum absolute atomic E-state index is 0.0731. The Balaban J connectivity index is 1.47. The number of nitriles is 1. The fraction of sp³-hybridized carbons (Fsp3) is 0.167. The van der Waals surface area contributed by atoms with E-state index in [-0.39, 0.29) is 5.91 Å². The van der Waals surface area contributed by atoms with E-state index < -0.39 is 0 Å². The van der Waals surface area contributed by atoms with Crippen molar-refractivity contribution >= 4 is 17.7 Å². The monoisotopic (exact) mass is 364 g/mol. The molecule has 0 fully saturated rings. The van der Waals surface area contributed by atoms with Gasteiger partial charge in [-0.15, -0.1) is 16.9 Å². The van der Waals surface area contributed by atoms with Crippen molar-refractivity contribution in [1.82, 2.24) is 25.5 Å². The summed E-state index contributed by atoms with van der Waals surface area (Å²) < 4.78 is 1.66. The van der Waals surface area contributed by atoms with Crippen LogP contribution >= 0.6 is 11.8 Å². The van der Waals surface area contributed by atoms with Crippen molar-refractivity contribution in [2.75, 3.05) is 5.75 Å². The number of amides is 1. The number of carbonyl (C=O) groups excluding carboxylic acids is 1. The molecule has 0 saturated carbocycles. The van der Waals surface area contributed by atoms with Crippen LogP contribution in [0.3, 0.4) is 0 Å². The molecule has 7 nitrogen and oxygen atoms in total. The van der Waals surface area contributed by atoms with Crippen molar-refractivity contribution < 1.29 is 4.79 Å². The molecule has 0 saturated heterocycles. The second kappa shape index (κ2) is 8.78. The van der Waals surface area contributed by atoms with Crippen LogP contribution in [0.2, 0.25) is 0 Å². The normalized spacial score (nSPS) is 10.3. The molecule has 0 radical (unpaired) electrons. The topological polar surface area (TPSA) is 96.5 Å². The fourth-order valence-electron chi connectivity index (χ4n) is 2.30. The van der Waals surface area contributed by atoms with E-state index in [1.807, 2.05) is 36.4 Å². The third kappa shape index (κ3) is 4.68. The standard InChI is InChI=1S/C18H16N6OS/c19-10-14-5-4-6-15(9-14)11-20-18(25)13-26-12-17-21-22-23-24(17)16-7-2-1-3-8-16/h1-9H,11-13H2,(H,20,25). The second-order valence-corrected chi connectivity index (χ2v) is 6.41. The summed E-state index contributed by atoms with van der Waals surface area (Å²) in [4.78, 5) is 12.0. The molecule has 0 spiro atoms. The van der Waals surface area contributed by atoms with E-state index in [2.05, 4.69) is 26.9 Å². The van der Waals surface area contributed by atoms with Gasteiger partial charge in [0.2, 0.25) is 5.91 Å².